The van der Waals surface area contributed by atoms with Gasteiger partial charge >= 0.3 is 0 Å². The number of furan rings is 1. The van der Waals surface area contributed by atoms with Crippen molar-refractivity contribution in [1.29, 1.82) is 0 Å². The molecular weight excluding hydrogens is 440 g/mol. The van der Waals surface area contributed by atoms with Crippen molar-refractivity contribution < 1.29 is 9.21 Å². The zero-order valence-electron chi connectivity index (χ0n) is 15.3. The first-order chi connectivity index (χ1) is 13.7. The van der Waals surface area contributed by atoms with Crippen LogP contribution in [0.1, 0.15) is 38.1 Å². The molecule has 4 rings (SSSR count). The second-order valence-electron chi connectivity index (χ2n) is 6.79. The normalized spacial score (nSPS) is 14.9. The number of rotatable bonds is 6. The Hall–Kier alpha value is -2.06. The van der Waals surface area contributed by atoms with E-state index in [0.29, 0.717) is 11.8 Å². The van der Waals surface area contributed by atoms with E-state index >= 15 is 0 Å². The monoisotopic (exact) mass is 460 g/mol. The van der Waals surface area contributed by atoms with Crippen molar-refractivity contribution in [3.05, 3.63) is 47.1 Å². The van der Waals surface area contributed by atoms with E-state index in [4.69, 9.17) is 4.42 Å². The van der Waals surface area contributed by atoms with Crippen LogP contribution < -0.4 is 5.32 Å². The summed E-state index contributed by atoms with van der Waals surface area (Å²) >= 11 is 4.81. The van der Waals surface area contributed by atoms with Crippen LogP contribution in [0.4, 0.5) is 5.69 Å². The Kier molecular flexibility index (Phi) is 6.17. The van der Waals surface area contributed by atoms with Crippen LogP contribution in [0, 0.1) is 0 Å². The molecule has 28 heavy (non-hydrogen) atoms. The van der Waals surface area contributed by atoms with E-state index < -0.39 is 0 Å². The van der Waals surface area contributed by atoms with Gasteiger partial charge in [0.15, 0.2) is 10.9 Å². The van der Waals surface area contributed by atoms with Crippen molar-refractivity contribution in [3.63, 3.8) is 0 Å². The van der Waals surface area contributed by atoms with Crippen molar-refractivity contribution in [2.75, 3.05) is 11.1 Å². The van der Waals surface area contributed by atoms with Gasteiger partial charge in [0.2, 0.25) is 11.7 Å². The molecule has 0 aliphatic heterocycles. The minimum atomic E-state index is -0.0648. The van der Waals surface area contributed by atoms with Crippen molar-refractivity contribution in [3.8, 4) is 11.6 Å². The summed E-state index contributed by atoms with van der Waals surface area (Å²) in [5.41, 5.74) is 0.777. The zero-order chi connectivity index (χ0) is 19.3. The number of benzene rings is 1. The fourth-order valence-corrected chi connectivity index (χ4v) is 4.55. The number of nitrogens with one attached hydrogen (secondary N) is 1. The van der Waals surface area contributed by atoms with Gasteiger partial charge in [-0.25, -0.2) is 0 Å². The molecule has 6 nitrogen and oxygen atoms in total. The van der Waals surface area contributed by atoms with Gasteiger partial charge in [0.25, 0.3) is 0 Å². The zero-order valence-corrected chi connectivity index (χ0v) is 17.7. The van der Waals surface area contributed by atoms with Crippen LogP contribution in [0.5, 0.6) is 0 Å². The molecule has 2 heterocycles. The first-order valence-electron chi connectivity index (χ1n) is 9.38. The van der Waals surface area contributed by atoms with Gasteiger partial charge in [-0.05, 0) is 49.2 Å². The largest absolute Gasteiger partial charge is 0.461 e. The summed E-state index contributed by atoms with van der Waals surface area (Å²) in [7, 11) is 0. The number of halogens is 1. The van der Waals surface area contributed by atoms with E-state index in [0.717, 1.165) is 34.0 Å². The molecule has 0 unspecified atom stereocenters. The van der Waals surface area contributed by atoms with E-state index in [1.165, 1.54) is 31.0 Å². The number of hydrogen-bond acceptors (Lipinski definition) is 5. The molecule has 1 N–H and O–H groups in total. The van der Waals surface area contributed by atoms with E-state index in [1.807, 2.05) is 36.4 Å². The molecule has 1 amide bonds. The van der Waals surface area contributed by atoms with E-state index in [-0.39, 0.29) is 11.7 Å². The quantitative estimate of drug-likeness (QED) is 0.489. The average Bonchev–Trinajstić information content (AvgIpc) is 3.38. The molecule has 0 spiro atoms. The number of amides is 1. The number of aromatic nitrogens is 3. The van der Waals surface area contributed by atoms with Crippen LogP contribution in [-0.4, -0.2) is 26.4 Å². The summed E-state index contributed by atoms with van der Waals surface area (Å²) < 4.78 is 8.70. The van der Waals surface area contributed by atoms with Gasteiger partial charge in [-0.15, -0.1) is 10.2 Å². The van der Waals surface area contributed by atoms with Gasteiger partial charge in [0, 0.05) is 16.2 Å². The van der Waals surface area contributed by atoms with Gasteiger partial charge in [-0.3, -0.25) is 9.36 Å². The van der Waals surface area contributed by atoms with Gasteiger partial charge in [-0.1, -0.05) is 47.0 Å². The maximum absolute atomic E-state index is 12.4. The topological polar surface area (TPSA) is 73.0 Å². The van der Waals surface area contributed by atoms with E-state index in [1.54, 1.807) is 6.26 Å². The third-order valence-corrected chi connectivity index (χ3v) is 6.28. The molecule has 1 aliphatic rings. The summed E-state index contributed by atoms with van der Waals surface area (Å²) in [4.78, 5) is 12.4. The standard InChI is InChI=1S/C20H21BrN4O2S/c21-14-8-10-15(11-9-14)22-18(26)13-28-20-24-23-19(17-7-4-12-27-17)25(20)16-5-2-1-3-6-16/h4,7-12,16H,1-3,5-6,13H2,(H,22,26). The average molecular weight is 461 g/mol. The number of carbonyl (C=O) groups excluding carboxylic acids is 1. The lowest BCUT2D eigenvalue weighted by atomic mass is 9.95. The molecule has 3 aromatic rings. The van der Waals surface area contributed by atoms with Crippen molar-refractivity contribution in [2.45, 2.75) is 43.3 Å². The molecule has 0 saturated heterocycles. The Balaban J connectivity index is 1.49. The van der Waals surface area contributed by atoms with Gasteiger partial charge in [0.1, 0.15) is 0 Å². The molecule has 2 aromatic heterocycles. The minimum absolute atomic E-state index is 0.0648. The number of thioether (sulfide) groups is 1. The van der Waals surface area contributed by atoms with Gasteiger partial charge in [0.05, 0.1) is 12.0 Å². The van der Waals surface area contributed by atoms with E-state index in [9.17, 15) is 4.79 Å². The molecule has 1 aliphatic carbocycles. The third kappa shape index (κ3) is 4.50. The summed E-state index contributed by atoms with van der Waals surface area (Å²) in [6.45, 7) is 0. The maximum atomic E-state index is 12.4. The van der Waals surface area contributed by atoms with Crippen molar-refractivity contribution in [1.82, 2.24) is 14.8 Å². The number of hydrogen-bond donors (Lipinski definition) is 1. The highest BCUT2D eigenvalue weighted by Crippen LogP contribution is 2.35. The molecule has 8 heteroatoms. The summed E-state index contributed by atoms with van der Waals surface area (Å²) in [6, 6.07) is 11.6. The van der Waals surface area contributed by atoms with Crippen LogP contribution in [0.3, 0.4) is 0 Å². The SMILES string of the molecule is O=C(CSc1nnc(-c2ccco2)n1C1CCCCC1)Nc1ccc(Br)cc1. The third-order valence-electron chi connectivity index (χ3n) is 4.81. The Bertz CT molecular complexity index is 918. The second kappa shape index (κ2) is 8.96. The molecule has 0 radical (unpaired) electrons. The summed E-state index contributed by atoms with van der Waals surface area (Å²) in [5.74, 6) is 1.67. The van der Waals surface area contributed by atoms with Crippen LogP contribution >= 0.6 is 27.7 Å². The van der Waals surface area contributed by atoms with Crippen molar-refractivity contribution in [2.24, 2.45) is 0 Å². The molecular formula is C20H21BrN4O2S. The van der Waals surface area contributed by atoms with Crippen LogP contribution in [0.25, 0.3) is 11.6 Å². The molecule has 1 aromatic carbocycles. The fraction of sp³-hybridized carbons (Fsp3) is 0.350. The number of carbonyl (C=O) groups is 1. The van der Waals surface area contributed by atoms with Crippen molar-refractivity contribution >= 4 is 39.3 Å². The molecule has 0 bridgehead atoms. The van der Waals surface area contributed by atoms with E-state index in [2.05, 4.69) is 36.0 Å². The summed E-state index contributed by atoms with van der Waals surface area (Å²) in [6.07, 6.45) is 7.53. The highest BCUT2D eigenvalue weighted by atomic mass is 79.9. The number of nitrogens with zero attached hydrogens (tertiary/aromatic N) is 3. The highest BCUT2D eigenvalue weighted by molar-refractivity contribution is 9.10. The lowest BCUT2D eigenvalue weighted by Crippen LogP contribution is -2.17. The molecule has 0 atom stereocenters. The predicted octanol–water partition coefficient (Wildman–Crippen LogP) is 5.54. The second-order valence-corrected chi connectivity index (χ2v) is 8.65. The minimum Gasteiger partial charge on any atom is -0.461 e. The van der Waals surface area contributed by atoms with Crippen LogP contribution in [0.2, 0.25) is 0 Å². The number of anilines is 1. The van der Waals surface area contributed by atoms with Gasteiger partial charge < -0.3 is 9.73 Å². The Morgan fingerprint density at radius 3 is 2.68 bits per heavy atom. The maximum Gasteiger partial charge on any atom is 0.234 e. The first-order valence-corrected chi connectivity index (χ1v) is 11.2. The highest BCUT2D eigenvalue weighted by Gasteiger charge is 2.25. The Labute approximate surface area is 176 Å². The fourth-order valence-electron chi connectivity index (χ4n) is 3.48. The van der Waals surface area contributed by atoms with Crippen LogP contribution in [0.15, 0.2) is 56.7 Å². The Morgan fingerprint density at radius 2 is 1.96 bits per heavy atom. The molecule has 1 fully saturated rings. The molecule has 1 saturated carbocycles. The smallest absolute Gasteiger partial charge is 0.234 e. The summed E-state index contributed by atoms with van der Waals surface area (Å²) in [5, 5.41) is 12.4. The van der Waals surface area contributed by atoms with Gasteiger partial charge in [-0.2, -0.15) is 0 Å². The predicted molar refractivity (Wildman–Crippen MR) is 113 cm³/mol. The molecule has 146 valence electrons. The first kappa shape index (κ1) is 19.3. The lowest BCUT2D eigenvalue weighted by Gasteiger charge is -2.25. The Morgan fingerprint density at radius 1 is 1.18 bits per heavy atom. The lowest BCUT2D eigenvalue weighted by molar-refractivity contribution is -0.113. The van der Waals surface area contributed by atoms with Crippen LogP contribution in [-0.2, 0) is 4.79 Å².